The molecule has 0 bridgehead atoms. The molecule has 0 unspecified atom stereocenters. The lowest BCUT2D eigenvalue weighted by Crippen LogP contribution is -2.28. The number of pyridine rings is 3. The Morgan fingerprint density at radius 2 is 0.533 bits per heavy atom. The summed E-state index contributed by atoms with van der Waals surface area (Å²) in [6.07, 6.45) is 6.10. The van der Waals surface area contributed by atoms with E-state index in [1.165, 1.54) is 228 Å². The lowest BCUT2D eigenvalue weighted by atomic mass is 9.67. The maximum Gasteiger partial charge on any atom is 0.125 e. The molecule has 0 aliphatic heterocycles. The highest BCUT2D eigenvalue weighted by molar-refractivity contribution is 7.26. The van der Waals surface area contributed by atoms with Crippen molar-refractivity contribution in [3.8, 4) is 89.3 Å². The van der Waals surface area contributed by atoms with Crippen molar-refractivity contribution in [2.45, 2.75) is 24.7 Å². The Morgan fingerprint density at radius 3 is 1.00 bits per heavy atom. The second kappa shape index (κ2) is 31.2. The summed E-state index contributed by atoms with van der Waals surface area (Å²) in [5, 5.41) is 19.9. The van der Waals surface area contributed by atoms with Crippen molar-refractivity contribution in [1.82, 2.24) is 24.1 Å². The molecular formula is C127H81N5S3. The van der Waals surface area contributed by atoms with E-state index < -0.39 is 5.41 Å². The quantitative estimate of drug-likeness (QED) is 0.145. The van der Waals surface area contributed by atoms with Crippen molar-refractivity contribution in [2.75, 3.05) is 0 Å². The Kier molecular flexibility index (Phi) is 18.1. The number of para-hydroxylation sites is 3. The van der Waals surface area contributed by atoms with E-state index >= 15 is 0 Å². The molecule has 8 heteroatoms. The number of fused-ring (bicyclic) bond motifs is 28. The van der Waals surface area contributed by atoms with Gasteiger partial charge in [-0.15, -0.1) is 34.0 Å². The Labute approximate surface area is 791 Å². The van der Waals surface area contributed by atoms with E-state index in [9.17, 15) is 0 Å². The maximum atomic E-state index is 4.90. The second-order valence-electron chi connectivity index (χ2n) is 36.3. The van der Waals surface area contributed by atoms with Gasteiger partial charge in [0.2, 0.25) is 0 Å². The zero-order chi connectivity index (χ0) is 89.1. The number of aromatic nitrogens is 5. The minimum Gasteiger partial charge on any atom is -0.307 e. The summed E-state index contributed by atoms with van der Waals surface area (Å²) in [5.74, 6) is 0. The highest BCUT2D eigenvalue weighted by Crippen LogP contribution is 2.58. The highest BCUT2D eigenvalue weighted by atomic mass is 32.1. The summed E-state index contributed by atoms with van der Waals surface area (Å²) >= 11 is 5.30. The molecular weight excluding hydrogens is 1690 g/mol. The van der Waals surface area contributed by atoms with Crippen LogP contribution >= 0.6 is 34.0 Å². The third-order valence-corrected chi connectivity index (χ3v) is 31.9. The third kappa shape index (κ3) is 12.4. The Bertz CT molecular complexity index is 9520. The molecule has 135 heavy (non-hydrogen) atoms. The SMILES string of the molecule is CC1(C)c2ccccc2-c2ccc(-c3cccc(-c4ccc5c(cnc6sc7ccccc7c65)c4)c3)cc21.c1ccc(-n2c3ccccc3c3ccc4c5ccccc5n(-c5cccc(-c6ccc7c(cnc8sc9ccccc9c87)c6)c5)c4c32)cc1.c1ccc(C2(c3ccccc3)c3ccccc3-c3ccc(-c4cccc(-c5ccc6c(cnc7sc8ccccc8c76)c5)c4)cc32)cc1. The van der Waals surface area contributed by atoms with Crippen molar-refractivity contribution < 1.29 is 0 Å². The third-order valence-electron chi connectivity index (χ3n) is 28.7. The van der Waals surface area contributed by atoms with Gasteiger partial charge in [-0.25, -0.2) is 15.0 Å². The predicted octanol–water partition coefficient (Wildman–Crippen LogP) is 35.0. The van der Waals surface area contributed by atoms with E-state index in [1.807, 2.05) is 18.6 Å². The van der Waals surface area contributed by atoms with E-state index in [1.54, 1.807) is 34.0 Å². The molecule has 0 saturated carbocycles. The smallest absolute Gasteiger partial charge is 0.125 e. The molecule has 632 valence electrons. The average Bonchev–Trinajstić information content (AvgIpc) is 1.54. The molecule has 2 aliphatic carbocycles. The fourth-order valence-corrected chi connectivity index (χ4v) is 25.7. The van der Waals surface area contributed by atoms with Crippen LogP contribution < -0.4 is 0 Å². The average molecular weight is 1770 g/mol. The van der Waals surface area contributed by atoms with Crippen LogP contribution in [0.25, 0.3) is 226 Å². The second-order valence-corrected chi connectivity index (χ2v) is 39.4. The summed E-state index contributed by atoms with van der Waals surface area (Å²) in [6.45, 7) is 4.68. The lowest BCUT2D eigenvalue weighted by molar-refractivity contribution is 0.660. The first-order valence-corrected chi connectivity index (χ1v) is 48.7. The topological polar surface area (TPSA) is 48.5 Å². The summed E-state index contributed by atoms with van der Waals surface area (Å²) in [6, 6.07) is 160. The molecule has 2 aliphatic rings. The summed E-state index contributed by atoms with van der Waals surface area (Å²) in [5.41, 5.74) is 32.2. The van der Waals surface area contributed by atoms with Crippen molar-refractivity contribution >= 4 is 171 Å². The summed E-state index contributed by atoms with van der Waals surface area (Å²) in [7, 11) is 0. The zero-order valence-electron chi connectivity index (χ0n) is 73.8. The number of hydrogen-bond donors (Lipinski definition) is 0. The molecule has 5 nitrogen and oxygen atoms in total. The van der Waals surface area contributed by atoms with Gasteiger partial charge in [0, 0.05) is 120 Å². The molecule has 0 radical (unpaired) electrons. The van der Waals surface area contributed by atoms with Gasteiger partial charge in [-0.05, 0) is 224 Å². The van der Waals surface area contributed by atoms with Crippen LogP contribution in [0.3, 0.4) is 0 Å². The van der Waals surface area contributed by atoms with Crippen molar-refractivity contribution in [3.63, 3.8) is 0 Å². The van der Waals surface area contributed by atoms with Gasteiger partial charge in [-0.1, -0.05) is 354 Å². The molecule has 29 rings (SSSR count). The van der Waals surface area contributed by atoms with Crippen LogP contribution in [0, 0.1) is 0 Å². The first kappa shape index (κ1) is 78.5. The molecule has 27 aromatic rings. The first-order valence-electron chi connectivity index (χ1n) is 46.2. The van der Waals surface area contributed by atoms with E-state index in [2.05, 4.69) is 460 Å². The van der Waals surface area contributed by atoms with Gasteiger partial charge < -0.3 is 9.13 Å². The van der Waals surface area contributed by atoms with Gasteiger partial charge in [-0.3, -0.25) is 0 Å². The zero-order valence-corrected chi connectivity index (χ0v) is 76.2. The molecule has 0 N–H and O–H groups in total. The number of benzene rings is 19. The van der Waals surface area contributed by atoms with E-state index in [-0.39, 0.29) is 5.41 Å². The number of hydrogen-bond acceptors (Lipinski definition) is 6. The molecule has 0 fully saturated rings. The van der Waals surface area contributed by atoms with Crippen molar-refractivity contribution in [2.24, 2.45) is 0 Å². The van der Waals surface area contributed by atoms with E-state index in [0.717, 1.165) is 31.3 Å². The number of nitrogens with zero attached hydrogens (tertiary/aromatic N) is 5. The minimum absolute atomic E-state index is 0.00204. The van der Waals surface area contributed by atoms with Crippen molar-refractivity contribution in [3.05, 3.63) is 489 Å². The maximum absolute atomic E-state index is 4.90. The van der Waals surface area contributed by atoms with Crippen LogP contribution in [0.15, 0.2) is 455 Å². The molecule has 0 spiro atoms. The number of rotatable bonds is 9. The first-order chi connectivity index (χ1) is 66.7. The Morgan fingerprint density at radius 1 is 0.215 bits per heavy atom. The molecule has 0 amide bonds. The van der Waals surface area contributed by atoms with Crippen molar-refractivity contribution in [1.29, 1.82) is 0 Å². The Hall–Kier alpha value is -16.3. The van der Waals surface area contributed by atoms with Gasteiger partial charge in [0.15, 0.2) is 0 Å². The number of thiophene rings is 3. The summed E-state index contributed by atoms with van der Waals surface area (Å²) < 4.78 is 8.77. The fourth-order valence-electron chi connectivity index (χ4n) is 22.5. The lowest BCUT2D eigenvalue weighted by Gasteiger charge is -2.34. The summed E-state index contributed by atoms with van der Waals surface area (Å²) in [4.78, 5) is 17.9. The molecule has 8 aromatic heterocycles. The molecule has 8 heterocycles. The van der Waals surface area contributed by atoms with Gasteiger partial charge in [0.25, 0.3) is 0 Å². The predicted molar refractivity (Wildman–Crippen MR) is 575 cm³/mol. The van der Waals surface area contributed by atoms with Gasteiger partial charge in [-0.2, -0.15) is 0 Å². The van der Waals surface area contributed by atoms with Crippen LogP contribution in [0.5, 0.6) is 0 Å². The van der Waals surface area contributed by atoms with Crippen LogP contribution in [-0.2, 0) is 10.8 Å². The molecule has 0 atom stereocenters. The highest BCUT2D eigenvalue weighted by Gasteiger charge is 2.46. The normalized spacial score (nSPS) is 12.9. The van der Waals surface area contributed by atoms with Crippen LogP contribution in [0.2, 0.25) is 0 Å². The Balaban J connectivity index is 0.000000104. The molecule has 0 saturated heterocycles. The fraction of sp³-hybridized carbons (Fsp3) is 0.0315. The van der Waals surface area contributed by atoms with Gasteiger partial charge in [0.1, 0.15) is 14.5 Å². The monoisotopic (exact) mass is 1770 g/mol. The van der Waals surface area contributed by atoms with E-state index in [4.69, 9.17) is 15.0 Å². The largest absolute Gasteiger partial charge is 0.307 e. The minimum atomic E-state index is -0.412. The van der Waals surface area contributed by atoms with Gasteiger partial charge >= 0.3 is 0 Å². The standard InChI is InChI=1S/C46H29NS.C45H27N3S.C36H25NS/c1-3-14-35(15-4-1)46(36-16-5-2-6-17-36)41-20-9-7-18-38(41)39-25-23-33(28-42(39)46)31-13-11-12-30(26-31)32-22-24-37-34(27-32)29-47-45-44(37)40-19-8-10-21-43(40)48-45;1-2-12-31(13-3-1)47-39-18-7-4-15-34(39)36-23-24-37-35-16-5-8-19-40(35)48(44(37)43(36)47)32-14-10-11-28(26-32)29-21-22-33-30(25-29)27-46-45-42(33)38-17-6-9-20-41(38)49-45;1-36(2)31-12-5-3-10-28(31)29-17-15-25(20-32(29)36)23-9-7-8-22(18-23)24-14-16-27-26(19-24)21-37-35-34(27)30-11-4-6-13-33(30)38-35/h1-29H;1-27H;3-21H,1-2H3. The van der Waals surface area contributed by atoms with Gasteiger partial charge in [0.05, 0.1) is 27.5 Å². The van der Waals surface area contributed by atoms with Crippen LogP contribution in [0.1, 0.15) is 47.2 Å². The molecule has 19 aromatic carbocycles. The van der Waals surface area contributed by atoms with Crippen LogP contribution in [0.4, 0.5) is 0 Å². The van der Waals surface area contributed by atoms with Crippen LogP contribution in [-0.4, -0.2) is 24.1 Å². The van der Waals surface area contributed by atoms with E-state index in [0.29, 0.717) is 0 Å².